The maximum atomic E-state index is 12.4. The van der Waals surface area contributed by atoms with E-state index in [1.54, 1.807) is 49.3 Å². The Hall–Kier alpha value is -2.50. The van der Waals surface area contributed by atoms with E-state index in [9.17, 15) is 9.59 Å². The number of nitrogens with zero attached hydrogens (tertiary/aromatic N) is 2. The van der Waals surface area contributed by atoms with Crippen LogP contribution in [0.15, 0.2) is 36.9 Å². The summed E-state index contributed by atoms with van der Waals surface area (Å²) in [5, 5.41) is 2.71. The highest BCUT2D eigenvalue weighted by Gasteiger charge is 2.27. The zero-order valence-corrected chi connectivity index (χ0v) is 14.4. The van der Waals surface area contributed by atoms with Gasteiger partial charge in [-0.25, -0.2) is 9.59 Å². The molecule has 0 unspecified atom stereocenters. The van der Waals surface area contributed by atoms with Crippen molar-refractivity contribution in [3.8, 4) is 5.75 Å². The molecule has 0 aliphatic rings. The van der Waals surface area contributed by atoms with E-state index in [1.165, 1.54) is 4.90 Å². The number of benzene rings is 1. The van der Waals surface area contributed by atoms with Gasteiger partial charge in [-0.2, -0.15) is 0 Å². The van der Waals surface area contributed by atoms with Crippen LogP contribution < -0.4 is 10.1 Å². The molecule has 0 heterocycles. The van der Waals surface area contributed by atoms with Crippen LogP contribution in [0, 0.1) is 0 Å². The van der Waals surface area contributed by atoms with Gasteiger partial charge in [0.25, 0.3) is 0 Å². The van der Waals surface area contributed by atoms with Crippen LogP contribution in [0.1, 0.15) is 20.8 Å². The van der Waals surface area contributed by atoms with Crippen LogP contribution in [0.2, 0.25) is 0 Å². The number of hydrogen-bond donors (Lipinski definition) is 1. The van der Waals surface area contributed by atoms with E-state index in [0.717, 1.165) is 0 Å². The molecule has 1 aromatic carbocycles. The van der Waals surface area contributed by atoms with Crippen molar-refractivity contribution < 1.29 is 14.3 Å². The molecule has 0 saturated carbocycles. The van der Waals surface area contributed by atoms with Crippen LogP contribution >= 0.6 is 0 Å². The molecule has 0 atom stereocenters. The van der Waals surface area contributed by atoms with Crippen molar-refractivity contribution in [2.24, 2.45) is 0 Å². The summed E-state index contributed by atoms with van der Waals surface area (Å²) < 4.78 is 5.41. The van der Waals surface area contributed by atoms with Gasteiger partial charge in [0.05, 0.1) is 0 Å². The molecule has 0 saturated heterocycles. The highest BCUT2D eigenvalue weighted by molar-refractivity contribution is 5.89. The van der Waals surface area contributed by atoms with Crippen LogP contribution in [0.4, 0.5) is 15.3 Å². The van der Waals surface area contributed by atoms with Crippen LogP contribution in [0.5, 0.6) is 5.75 Å². The predicted octanol–water partition coefficient (Wildman–Crippen LogP) is 3.57. The fraction of sp³-hybridized carbons (Fsp3) is 0.412. The van der Waals surface area contributed by atoms with E-state index in [4.69, 9.17) is 4.74 Å². The van der Waals surface area contributed by atoms with Crippen LogP contribution in [0.3, 0.4) is 0 Å². The Bertz CT molecular complexity index is 577. The lowest BCUT2D eigenvalue weighted by Gasteiger charge is -2.33. The summed E-state index contributed by atoms with van der Waals surface area (Å²) in [5.41, 5.74) is 0.169. The van der Waals surface area contributed by atoms with Gasteiger partial charge >= 0.3 is 12.1 Å². The molecule has 1 N–H and O–H groups in total. The molecule has 23 heavy (non-hydrogen) atoms. The number of ether oxygens (including phenoxy) is 1. The summed E-state index contributed by atoms with van der Waals surface area (Å²) in [6.45, 7) is 9.82. The number of urea groups is 1. The van der Waals surface area contributed by atoms with Crippen molar-refractivity contribution in [2.45, 2.75) is 26.3 Å². The molecule has 126 valence electrons. The highest BCUT2D eigenvalue weighted by Crippen LogP contribution is 2.21. The molecule has 0 aliphatic heterocycles. The summed E-state index contributed by atoms with van der Waals surface area (Å²) in [7, 11) is 3.30. The maximum Gasteiger partial charge on any atom is 0.415 e. The number of anilines is 1. The zero-order chi connectivity index (χ0) is 17.6. The van der Waals surface area contributed by atoms with Crippen molar-refractivity contribution in [1.29, 1.82) is 0 Å². The van der Waals surface area contributed by atoms with Gasteiger partial charge in [0, 0.05) is 37.9 Å². The summed E-state index contributed by atoms with van der Waals surface area (Å²) in [6.07, 6.45) is 1.19. The minimum absolute atomic E-state index is 0.253. The van der Waals surface area contributed by atoms with Crippen molar-refractivity contribution in [2.75, 3.05) is 26.0 Å². The van der Waals surface area contributed by atoms with Gasteiger partial charge in [-0.05, 0) is 32.9 Å². The van der Waals surface area contributed by atoms with Gasteiger partial charge in [-0.3, -0.25) is 4.90 Å². The van der Waals surface area contributed by atoms with Gasteiger partial charge in [-0.15, -0.1) is 6.58 Å². The highest BCUT2D eigenvalue weighted by atomic mass is 16.6. The molecule has 6 nitrogen and oxygen atoms in total. The quantitative estimate of drug-likeness (QED) is 0.863. The van der Waals surface area contributed by atoms with E-state index < -0.39 is 6.09 Å². The normalized spacial score (nSPS) is 10.7. The smallest absolute Gasteiger partial charge is 0.410 e. The minimum Gasteiger partial charge on any atom is -0.410 e. The second-order valence-corrected chi connectivity index (χ2v) is 6.29. The molecule has 1 aromatic rings. The average Bonchev–Trinajstić information content (AvgIpc) is 2.43. The first-order valence-corrected chi connectivity index (χ1v) is 7.34. The van der Waals surface area contributed by atoms with Crippen LogP contribution in [0.25, 0.3) is 0 Å². The molecule has 0 aliphatic carbocycles. The molecule has 0 spiro atoms. The number of carbonyl (C=O) groups is 2. The Morgan fingerprint density at radius 3 is 2.48 bits per heavy atom. The van der Waals surface area contributed by atoms with Crippen LogP contribution in [-0.2, 0) is 0 Å². The monoisotopic (exact) mass is 319 g/mol. The van der Waals surface area contributed by atoms with E-state index in [0.29, 0.717) is 18.0 Å². The molecule has 3 amide bonds. The Kier molecular flexibility index (Phi) is 6.18. The first-order valence-electron chi connectivity index (χ1n) is 7.34. The number of rotatable bonds is 4. The lowest BCUT2D eigenvalue weighted by Crippen LogP contribution is -2.47. The van der Waals surface area contributed by atoms with E-state index in [2.05, 4.69) is 11.9 Å². The maximum absolute atomic E-state index is 12.4. The van der Waals surface area contributed by atoms with Crippen molar-refractivity contribution >= 4 is 17.8 Å². The summed E-state index contributed by atoms with van der Waals surface area (Å²) >= 11 is 0. The minimum atomic E-state index is -0.464. The van der Waals surface area contributed by atoms with Crippen molar-refractivity contribution in [1.82, 2.24) is 9.80 Å². The average molecular weight is 319 g/mol. The van der Waals surface area contributed by atoms with Gasteiger partial charge in [0.15, 0.2) is 0 Å². The Morgan fingerprint density at radius 1 is 1.30 bits per heavy atom. The molecule has 0 radical (unpaired) electrons. The first kappa shape index (κ1) is 18.5. The first-order chi connectivity index (χ1) is 10.6. The van der Waals surface area contributed by atoms with Gasteiger partial charge in [-0.1, -0.05) is 12.1 Å². The summed E-state index contributed by atoms with van der Waals surface area (Å²) in [5.74, 6) is 0.366. The summed E-state index contributed by atoms with van der Waals surface area (Å²) in [6, 6.07) is 6.45. The van der Waals surface area contributed by atoms with Gasteiger partial charge < -0.3 is 15.0 Å². The van der Waals surface area contributed by atoms with Crippen molar-refractivity contribution in [3.05, 3.63) is 36.9 Å². The lowest BCUT2D eigenvalue weighted by atomic mass is 10.1. The molecule has 6 heteroatoms. The van der Waals surface area contributed by atoms with Crippen molar-refractivity contribution in [3.63, 3.8) is 0 Å². The van der Waals surface area contributed by atoms with E-state index >= 15 is 0 Å². The third-order valence-electron chi connectivity index (χ3n) is 3.04. The second-order valence-electron chi connectivity index (χ2n) is 6.29. The number of amides is 3. The molecular weight excluding hydrogens is 294 g/mol. The zero-order valence-electron chi connectivity index (χ0n) is 14.4. The fourth-order valence-electron chi connectivity index (χ4n) is 1.78. The summed E-state index contributed by atoms with van der Waals surface area (Å²) in [4.78, 5) is 27.0. The SMILES string of the molecule is C=CCN(C(=O)Oc1cccc(NC(=O)N(C)C)c1)C(C)(C)C. The lowest BCUT2D eigenvalue weighted by molar-refractivity contribution is 0.115. The van der Waals surface area contributed by atoms with Crippen LogP contribution in [-0.4, -0.2) is 48.1 Å². The number of hydrogen-bond acceptors (Lipinski definition) is 3. The molecular formula is C17H25N3O3. The topological polar surface area (TPSA) is 61.9 Å². The van der Waals surface area contributed by atoms with Gasteiger partial charge in [0.2, 0.25) is 0 Å². The third kappa shape index (κ3) is 5.65. The Morgan fingerprint density at radius 2 is 1.96 bits per heavy atom. The number of carbonyl (C=O) groups excluding carboxylic acids is 2. The van der Waals surface area contributed by atoms with E-state index in [-0.39, 0.29) is 11.6 Å². The fourth-order valence-corrected chi connectivity index (χ4v) is 1.78. The number of nitrogens with one attached hydrogen (secondary N) is 1. The third-order valence-corrected chi connectivity index (χ3v) is 3.04. The van der Waals surface area contributed by atoms with Gasteiger partial charge in [0.1, 0.15) is 5.75 Å². The molecule has 0 fully saturated rings. The largest absolute Gasteiger partial charge is 0.415 e. The van der Waals surface area contributed by atoms with E-state index in [1.807, 2.05) is 20.8 Å². The Labute approximate surface area is 137 Å². The predicted molar refractivity (Wildman–Crippen MR) is 91.8 cm³/mol. The molecule has 0 aromatic heterocycles. The molecule has 1 rings (SSSR count). The second kappa shape index (κ2) is 7.67. The molecule has 0 bridgehead atoms. The Balaban J connectivity index is 2.86. The standard InChI is InChI=1S/C17H25N3O3/c1-7-11-20(17(2,3)4)16(22)23-14-10-8-9-13(12-14)18-15(21)19(5)6/h7-10,12H,1,11H2,2-6H3,(H,18,21).